The van der Waals surface area contributed by atoms with Crippen LogP contribution < -0.4 is 0 Å². The first kappa shape index (κ1) is 16.7. The van der Waals surface area contributed by atoms with E-state index in [0.717, 1.165) is 0 Å². The van der Waals surface area contributed by atoms with Gasteiger partial charge in [-0.3, -0.25) is 0 Å². The molecule has 4 heteroatoms. The molecule has 0 aromatic heterocycles. The van der Waals surface area contributed by atoms with Crippen molar-refractivity contribution in [2.45, 2.75) is 83.2 Å². The van der Waals surface area contributed by atoms with Gasteiger partial charge in [0.05, 0.1) is 0 Å². The van der Waals surface area contributed by atoms with Crippen molar-refractivity contribution < 1.29 is 4.43 Å². The lowest BCUT2D eigenvalue weighted by Gasteiger charge is -2.19. The van der Waals surface area contributed by atoms with Gasteiger partial charge in [0.1, 0.15) is 9.28 Å². The van der Waals surface area contributed by atoms with Crippen molar-refractivity contribution in [1.82, 2.24) is 0 Å². The van der Waals surface area contributed by atoms with E-state index in [2.05, 4.69) is 6.92 Å². The standard InChI is InChI=1S/C14H34OSi3/c1-2-3-4-5-6-7-8-9-10-11-13-18-14-12-15-16-17-18/h18H,2-14,16-17H2,1H3. The Labute approximate surface area is 120 Å². The van der Waals surface area contributed by atoms with Gasteiger partial charge < -0.3 is 4.43 Å². The summed E-state index contributed by atoms with van der Waals surface area (Å²) >= 11 is 0. The third kappa shape index (κ3) is 9.53. The first-order chi connectivity index (χ1) is 8.93. The lowest BCUT2D eigenvalue weighted by Crippen LogP contribution is -2.35. The van der Waals surface area contributed by atoms with E-state index in [1.54, 1.807) is 18.5 Å². The van der Waals surface area contributed by atoms with Crippen LogP contribution in [-0.4, -0.2) is 32.8 Å². The summed E-state index contributed by atoms with van der Waals surface area (Å²) in [6.07, 6.45) is 14.9. The molecular weight excluding hydrogens is 268 g/mol. The monoisotopic (exact) mass is 302 g/mol. The molecule has 1 heterocycles. The zero-order valence-corrected chi connectivity index (χ0v) is 16.6. The topological polar surface area (TPSA) is 9.23 Å². The van der Waals surface area contributed by atoms with Crippen LogP contribution in [-0.2, 0) is 4.43 Å². The van der Waals surface area contributed by atoms with E-state index in [1.807, 2.05) is 0 Å². The highest BCUT2D eigenvalue weighted by atomic mass is 29.5. The van der Waals surface area contributed by atoms with E-state index in [4.69, 9.17) is 4.43 Å². The van der Waals surface area contributed by atoms with Gasteiger partial charge in [0.25, 0.3) is 0 Å². The summed E-state index contributed by atoms with van der Waals surface area (Å²) in [6, 6.07) is 3.25. The van der Waals surface area contributed by atoms with Crippen molar-refractivity contribution in [1.29, 1.82) is 0 Å². The minimum absolute atomic E-state index is 0.104. The van der Waals surface area contributed by atoms with E-state index < -0.39 is 0 Å². The van der Waals surface area contributed by atoms with E-state index >= 15 is 0 Å². The predicted molar refractivity (Wildman–Crippen MR) is 91.6 cm³/mol. The van der Waals surface area contributed by atoms with Gasteiger partial charge in [-0.1, -0.05) is 77.2 Å². The Morgan fingerprint density at radius 2 is 1.50 bits per heavy atom. The van der Waals surface area contributed by atoms with Gasteiger partial charge in [-0.2, -0.15) is 0 Å². The van der Waals surface area contributed by atoms with Gasteiger partial charge in [0.2, 0.25) is 0 Å². The smallest absolute Gasteiger partial charge is 0.140 e. The van der Waals surface area contributed by atoms with Crippen LogP contribution in [0.4, 0.5) is 0 Å². The van der Waals surface area contributed by atoms with Crippen molar-refractivity contribution in [3.8, 4) is 0 Å². The molecule has 1 nitrogen and oxygen atoms in total. The molecule has 1 aliphatic rings. The average Bonchev–Trinajstić information content (AvgIpc) is 2.42. The number of hydrogen-bond acceptors (Lipinski definition) is 1. The first-order valence-corrected chi connectivity index (χ1v) is 18.0. The highest BCUT2D eigenvalue weighted by molar-refractivity contribution is 7.35. The van der Waals surface area contributed by atoms with Crippen molar-refractivity contribution in [3.63, 3.8) is 0 Å². The van der Waals surface area contributed by atoms with Crippen LogP contribution in [0.5, 0.6) is 0 Å². The Morgan fingerprint density at radius 3 is 2.06 bits per heavy atom. The van der Waals surface area contributed by atoms with Crippen LogP contribution in [0.1, 0.15) is 71.1 Å². The lowest BCUT2D eigenvalue weighted by atomic mass is 10.1. The minimum atomic E-state index is -0.129. The molecule has 0 N–H and O–H groups in total. The third-order valence-corrected chi connectivity index (χ3v) is 24.2. The van der Waals surface area contributed by atoms with Crippen LogP contribution in [0.25, 0.3) is 0 Å². The normalized spacial score (nSPS) is 22.8. The largest absolute Gasteiger partial charge is 0.428 e. The third-order valence-electron chi connectivity index (χ3n) is 4.31. The van der Waals surface area contributed by atoms with Crippen LogP contribution in [0.2, 0.25) is 12.1 Å². The minimum Gasteiger partial charge on any atom is -0.428 e. The highest BCUT2D eigenvalue weighted by Gasteiger charge is 2.15. The molecule has 0 spiro atoms. The molecule has 18 heavy (non-hydrogen) atoms. The van der Waals surface area contributed by atoms with Crippen molar-refractivity contribution >= 4 is 26.1 Å². The maximum absolute atomic E-state index is 5.63. The van der Waals surface area contributed by atoms with Crippen molar-refractivity contribution in [3.05, 3.63) is 0 Å². The summed E-state index contributed by atoms with van der Waals surface area (Å²) in [4.78, 5) is 0. The Hall–Kier alpha value is 0.611. The quantitative estimate of drug-likeness (QED) is 0.421. The molecular formula is C14H34OSi3. The second kappa shape index (κ2) is 12.6. The van der Waals surface area contributed by atoms with Gasteiger partial charge in [-0.05, 0) is 6.04 Å². The predicted octanol–water partition coefficient (Wildman–Crippen LogP) is 2.83. The Balaban J connectivity index is 1.73. The summed E-state index contributed by atoms with van der Waals surface area (Å²) in [5, 5.41) is 0. The molecule has 1 rings (SSSR count). The van der Waals surface area contributed by atoms with Crippen LogP contribution in [0, 0.1) is 0 Å². The fraction of sp³-hybridized carbons (Fsp3) is 1.00. The van der Waals surface area contributed by atoms with Gasteiger partial charge in [0, 0.05) is 23.5 Å². The van der Waals surface area contributed by atoms with Crippen LogP contribution in [0.15, 0.2) is 0 Å². The zero-order valence-electron chi connectivity index (χ0n) is 12.6. The van der Waals surface area contributed by atoms with Gasteiger partial charge in [-0.15, -0.1) is 0 Å². The number of hydrogen-bond donors (Lipinski definition) is 0. The van der Waals surface area contributed by atoms with Crippen molar-refractivity contribution in [2.24, 2.45) is 0 Å². The van der Waals surface area contributed by atoms with E-state index in [9.17, 15) is 0 Å². The fourth-order valence-corrected chi connectivity index (χ4v) is 21.3. The van der Waals surface area contributed by atoms with Crippen LogP contribution in [0.3, 0.4) is 0 Å². The average molecular weight is 303 g/mol. The molecule has 0 amide bonds. The molecule has 1 unspecified atom stereocenters. The second-order valence-corrected chi connectivity index (χ2v) is 21.9. The molecule has 0 bridgehead atoms. The summed E-state index contributed by atoms with van der Waals surface area (Å²) in [6.45, 7) is 3.47. The summed E-state index contributed by atoms with van der Waals surface area (Å²) in [5.41, 5.74) is 0. The maximum Gasteiger partial charge on any atom is 0.140 e. The fourth-order valence-electron chi connectivity index (χ4n) is 2.96. The van der Waals surface area contributed by atoms with Gasteiger partial charge in [0.15, 0.2) is 0 Å². The highest BCUT2D eigenvalue weighted by Crippen LogP contribution is 2.13. The molecule has 0 aliphatic carbocycles. The van der Waals surface area contributed by atoms with E-state index in [0.29, 0.717) is 8.55 Å². The van der Waals surface area contributed by atoms with Gasteiger partial charge >= 0.3 is 0 Å². The number of rotatable bonds is 11. The Kier molecular flexibility index (Phi) is 11.7. The molecule has 1 aliphatic heterocycles. The van der Waals surface area contributed by atoms with Crippen LogP contribution >= 0.6 is 0 Å². The van der Waals surface area contributed by atoms with Gasteiger partial charge in [-0.25, -0.2) is 0 Å². The summed E-state index contributed by atoms with van der Waals surface area (Å²) in [5.74, 6) is 0. The molecule has 1 fully saturated rings. The lowest BCUT2D eigenvalue weighted by molar-refractivity contribution is 0.366. The first-order valence-electron chi connectivity index (χ1n) is 8.51. The molecule has 0 aromatic rings. The van der Waals surface area contributed by atoms with Crippen molar-refractivity contribution in [2.75, 3.05) is 6.61 Å². The SMILES string of the molecule is CCCCCCCCCCCC[SiH]1CCO[SiH2][SiH2]1. The molecule has 0 aromatic carbocycles. The molecule has 1 saturated heterocycles. The summed E-state index contributed by atoms with van der Waals surface area (Å²) in [7, 11) is 0.397. The molecule has 108 valence electrons. The van der Waals surface area contributed by atoms with E-state index in [1.165, 1.54) is 64.4 Å². The van der Waals surface area contributed by atoms with E-state index in [-0.39, 0.29) is 17.6 Å². The zero-order chi connectivity index (χ0) is 12.9. The Bertz CT molecular complexity index is 172. The molecule has 0 radical (unpaired) electrons. The summed E-state index contributed by atoms with van der Waals surface area (Å²) < 4.78 is 5.63. The maximum atomic E-state index is 5.63. The molecule has 0 saturated carbocycles. The second-order valence-electron chi connectivity index (χ2n) is 6.03. The number of unbranched alkanes of at least 4 members (excludes halogenated alkanes) is 9. The molecule has 1 atom stereocenters. The Morgan fingerprint density at radius 1 is 0.889 bits per heavy atom.